The molecule has 21 heavy (non-hydrogen) atoms. The molecule has 108 valence electrons. The Balaban J connectivity index is 2.12. The average molecular weight is 345 g/mol. The van der Waals surface area contributed by atoms with Crippen molar-refractivity contribution in [3.05, 3.63) is 64.7 Å². The molecule has 0 aliphatic rings. The molecule has 0 bridgehead atoms. The molecule has 0 radical (unpaired) electrons. The average Bonchev–Trinajstić information content (AvgIpc) is 2.94. The largest absolute Gasteiger partial charge is 0.457 e. The highest BCUT2D eigenvalue weighted by molar-refractivity contribution is 9.10. The third kappa shape index (κ3) is 2.87. The van der Waals surface area contributed by atoms with Crippen molar-refractivity contribution in [2.45, 2.75) is 19.4 Å². The standard InChI is InChI=1S/C17H17BrN2O/c1-2-9-19-16(14-8-11-21-17(14)18)13-7-3-5-12-6-4-10-20-15(12)13/h3-8,10-11,16,19H,2,9H2,1H3. The van der Waals surface area contributed by atoms with E-state index < -0.39 is 0 Å². The fourth-order valence-corrected chi connectivity index (χ4v) is 3.02. The Morgan fingerprint density at radius 1 is 1.19 bits per heavy atom. The number of hydrogen-bond donors (Lipinski definition) is 1. The molecular weight excluding hydrogens is 328 g/mol. The minimum absolute atomic E-state index is 0.0664. The van der Waals surface area contributed by atoms with E-state index in [9.17, 15) is 0 Å². The van der Waals surface area contributed by atoms with E-state index >= 15 is 0 Å². The van der Waals surface area contributed by atoms with Gasteiger partial charge in [-0.15, -0.1) is 0 Å². The van der Waals surface area contributed by atoms with Gasteiger partial charge in [0.05, 0.1) is 17.8 Å². The lowest BCUT2D eigenvalue weighted by Gasteiger charge is -2.19. The number of pyridine rings is 1. The zero-order chi connectivity index (χ0) is 14.7. The van der Waals surface area contributed by atoms with Crippen LogP contribution in [-0.4, -0.2) is 11.5 Å². The number of hydrogen-bond acceptors (Lipinski definition) is 3. The fraction of sp³-hybridized carbons (Fsp3) is 0.235. The molecule has 3 aromatic rings. The number of nitrogens with one attached hydrogen (secondary N) is 1. The van der Waals surface area contributed by atoms with Gasteiger partial charge in [-0.1, -0.05) is 31.2 Å². The van der Waals surface area contributed by atoms with Crippen molar-refractivity contribution in [2.24, 2.45) is 0 Å². The van der Waals surface area contributed by atoms with Crippen molar-refractivity contribution in [1.82, 2.24) is 10.3 Å². The van der Waals surface area contributed by atoms with Gasteiger partial charge in [-0.05, 0) is 46.6 Å². The third-order valence-corrected chi connectivity index (χ3v) is 4.18. The van der Waals surface area contributed by atoms with Crippen LogP contribution >= 0.6 is 15.9 Å². The van der Waals surface area contributed by atoms with Crippen LogP contribution in [0.1, 0.15) is 30.5 Å². The maximum Gasteiger partial charge on any atom is 0.174 e. The van der Waals surface area contributed by atoms with Crippen LogP contribution in [0.5, 0.6) is 0 Å². The molecule has 1 atom stereocenters. The summed E-state index contributed by atoms with van der Waals surface area (Å²) in [6.07, 6.45) is 4.62. The van der Waals surface area contributed by atoms with Gasteiger partial charge in [-0.2, -0.15) is 0 Å². The van der Waals surface area contributed by atoms with Crippen molar-refractivity contribution >= 4 is 26.8 Å². The fourth-order valence-electron chi connectivity index (χ4n) is 2.55. The maximum absolute atomic E-state index is 5.42. The van der Waals surface area contributed by atoms with Crippen LogP contribution in [0.15, 0.2) is 57.9 Å². The van der Waals surface area contributed by atoms with Gasteiger partial charge in [0.25, 0.3) is 0 Å². The van der Waals surface area contributed by atoms with Crippen molar-refractivity contribution in [3.8, 4) is 0 Å². The van der Waals surface area contributed by atoms with E-state index in [1.807, 2.05) is 18.3 Å². The molecule has 2 aromatic heterocycles. The Hall–Kier alpha value is -1.65. The smallest absolute Gasteiger partial charge is 0.174 e. The number of furan rings is 1. The maximum atomic E-state index is 5.42. The first-order chi connectivity index (χ1) is 10.3. The highest BCUT2D eigenvalue weighted by Gasteiger charge is 2.20. The summed E-state index contributed by atoms with van der Waals surface area (Å²) in [4.78, 5) is 4.56. The Morgan fingerprint density at radius 3 is 2.81 bits per heavy atom. The van der Waals surface area contributed by atoms with Crippen molar-refractivity contribution in [1.29, 1.82) is 0 Å². The molecule has 1 aromatic carbocycles. The quantitative estimate of drug-likeness (QED) is 0.730. The molecule has 1 unspecified atom stereocenters. The van der Waals surface area contributed by atoms with E-state index in [1.165, 1.54) is 5.56 Å². The highest BCUT2D eigenvalue weighted by atomic mass is 79.9. The first-order valence-electron chi connectivity index (χ1n) is 7.11. The number of halogens is 1. The zero-order valence-electron chi connectivity index (χ0n) is 11.8. The Labute approximate surface area is 132 Å². The summed E-state index contributed by atoms with van der Waals surface area (Å²) in [5.41, 5.74) is 3.30. The van der Waals surface area contributed by atoms with Gasteiger partial charge in [0, 0.05) is 17.1 Å². The summed E-state index contributed by atoms with van der Waals surface area (Å²) in [7, 11) is 0. The lowest BCUT2D eigenvalue weighted by Crippen LogP contribution is -2.23. The predicted molar refractivity (Wildman–Crippen MR) is 88.3 cm³/mol. The molecule has 0 spiro atoms. The summed E-state index contributed by atoms with van der Waals surface area (Å²) < 4.78 is 6.18. The van der Waals surface area contributed by atoms with Crippen molar-refractivity contribution in [3.63, 3.8) is 0 Å². The van der Waals surface area contributed by atoms with Crippen molar-refractivity contribution < 1.29 is 4.42 Å². The van der Waals surface area contributed by atoms with Crippen LogP contribution in [0, 0.1) is 0 Å². The van der Waals surface area contributed by atoms with E-state index in [0.29, 0.717) is 0 Å². The number of para-hydroxylation sites is 1. The van der Waals surface area contributed by atoms with Crippen LogP contribution in [0.4, 0.5) is 0 Å². The molecular formula is C17H17BrN2O. The van der Waals surface area contributed by atoms with E-state index in [2.05, 4.69) is 57.4 Å². The highest BCUT2D eigenvalue weighted by Crippen LogP contribution is 2.32. The number of fused-ring (bicyclic) bond motifs is 1. The molecule has 0 fully saturated rings. The van der Waals surface area contributed by atoms with Crippen LogP contribution in [0.3, 0.4) is 0 Å². The topological polar surface area (TPSA) is 38.1 Å². The molecule has 1 N–H and O–H groups in total. The molecule has 3 nitrogen and oxygen atoms in total. The second-order valence-corrected chi connectivity index (χ2v) is 5.68. The van der Waals surface area contributed by atoms with Gasteiger partial charge in [-0.3, -0.25) is 4.98 Å². The number of aromatic nitrogens is 1. The second-order valence-electron chi connectivity index (χ2n) is 4.96. The summed E-state index contributed by atoms with van der Waals surface area (Å²) >= 11 is 3.49. The summed E-state index contributed by atoms with van der Waals surface area (Å²) in [5.74, 6) is 0. The first-order valence-corrected chi connectivity index (χ1v) is 7.90. The Morgan fingerprint density at radius 2 is 2.05 bits per heavy atom. The Kier molecular flexibility index (Phi) is 4.36. The zero-order valence-corrected chi connectivity index (χ0v) is 13.4. The van der Waals surface area contributed by atoms with E-state index in [-0.39, 0.29) is 6.04 Å². The number of nitrogens with zero attached hydrogens (tertiary/aromatic N) is 1. The summed E-state index contributed by atoms with van der Waals surface area (Å²) in [6.45, 7) is 3.10. The van der Waals surface area contributed by atoms with Gasteiger partial charge in [-0.25, -0.2) is 0 Å². The van der Waals surface area contributed by atoms with Crippen LogP contribution in [0.25, 0.3) is 10.9 Å². The lowest BCUT2D eigenvalue weighted by atomic mass is 9.98. The second kappa shape index (κ2) is 6.41. The summed E-state index contributed by atoms with van der Waals surface area (Å²) in [6, 6.07) is 12.4. The van der Waals surface area contributed by atoms with Gasteiger partial charge < -0.3 is 9.73 Å². The van der Waals surface area contributed by atoms with Crippen LogP contribution in [0.2, 0.25) is 0 Å². The van der Waals surface area contributed by atoms with E-state index in [0.717, 1.165) is 34.1 Å². The van der Waals surface area contributed by atoms with Crippen LogP contribution < -0.4 is 5.32 Å². The molecule has 2 heterocycles. The van der Waals surface area contributed by atoms with E-state index in [1.54, 1.807) is 6.26 Å². The molecule has 0 amide bonds. The minimum Gasteiger partial charge on any atom is -0.457 e. The van der Waals surface area contributed by atoms with Crippen LogP contribution in [-0.2, 0) is 0 Å². The molecule has 4 heteroatoms. The van der Waals surface area contributed by atoms with Gasteiger partial charge >= 0.3 is 0 Å². The van der Waals surface area contributed by atoms with Crippen molar-refractivity contribution in [2.75, 3.05) is 6.54 Å². The number of rotatable bonds is 5. The molecule has 0 aliphatic carbocycles. The SMILES string of the molecule is CCCNC(c1ccoc1Br)c1cccc2cccnc12. The Bertz CT molecular complexity index is 733. The van der Waals surface area contributed by atoms with Gasteiger partial charge in [0.1, 0.15) is 0 Å². The lowest BCUT2D eigenvalue weighted by molar-refractivity contribution is 0.524. The normalized spacial score (nSPS) is 12.7. The third-order valence-electron chi connectivity index (χ3n) is 3.53. The van der Waals surface area contributed by atoms with Gasteiger partial charge in [0.15, 0.2) is 4.67 Å². The molecule has 0 aliphatic heterocycles. The van der Waals surface area contributed by atoms with Gasteiger partial charge in [0.2, 0.25) is 0 Å². The number of benzene rings is 1. The predicted octanol–water partition coefficient (Wildman–Crippen LogP) is 4.68. The monoisotopic (exact) mass is 344 g/mol. The molecule has 0 saturated heterocycles. The van der Waals surface area contributed by atoms with E-state index in [4.69, 9.17) is 4.42 Å². The molecule has 3 rings (SSSR count). The minimum atomic E-state index is 0.0664. The molecule has 0 saturated carbocycles. The summed E-state index contributed by atoms with van der Waals surface area (Å²) in [5, 5.41) is 4.74. The first kappa shape index (κ1) is 14.3.